The van der Waals surface area contributed by atoms with Crippen LogP contribution in [0, 0.1) is 13.8 Å². The fraction of sp³-hybridized carbons (Fsp3) is 0.333. The van der Waals surface area contributed by atoms with Gasteiger partial charge in [-0.25, -0.2) is 0 Å². The van der Waals surface area contributed by atoms with Crippen LogP contribution in [0.15, 0.2) is 28.7 Å². The smallest absolute Gasteiger partial charge is 0.416 e. The van der Waals surface area contributed by atoms with Crippen molar-refractivity contribution in [3.63, 3.8) is 0 Å². The third-order valence-corrected chi connectivity index (χ3v) is 3.53. The molecule has 0 fully saturated rings. The molecule has 1 aromatic heterocycles. The SMILES string of the molecule is Cc1cc(C(C)Nc2ccc(C(F)(F)F)cc2Cl)c(C)o1. The van der Waals surface area contributed by atoms with E-state index in [0.717, 1.165) is 29.2 Å². The van der Waals surface area contributed by atoms with Gasteiger partial charge in [-0.15, -0.1) is 0 Å². The molecule has 0 spiro atoms. The molecule has 1 heterocycles. The van der Waals surface area contributed by atoms with E-state index in [4.69, 9.17) is 16.0 Å². The lowest BCUT2D eigenvalue weighted by Gasteiger charge is -2.17. The number of benzene rings is 1. The summed E-state index contributed by atoms with van der Waals surface area (Å²) in [5, 5.41) is 3.14. The minimum absolute atomic E-state index is 0.0366. The van der Waals surface area contributed by atoms with Crippen molar-refractivity contribution in [3.8, 4) is 0 Å². The Labute approximate surface area is 125 Å². The van der Waals surface area contributed by atoms with E-state index in [1.807, 2.05) is 26.8 Å². The van der Waals surface area contributed by atoms with Gasteiger partial charge in [0.2, 0.25) is 0 Å². The first-order chi connectivity index (χ1) is 9.68. The lowest BCUT2D eigenvalue weighted by Crippen LogP contribution is -2.09. The Morgan fingerprint density at radius 2 is 1.86 bits per heavy atom. The summed E-state index contributed by atoms with van der Waals surface area (Å²) >= 11 is 5.93. The second kappa shape index (κ2) is 5.64. The van der Waals surface area contributed by atoms with Gasteiger partial charge >= 0.3 is 6.18 Å². The molecule has 1 N–H and O–H groups in total. The molecule has 0 radical (unpaired) electrons. The first-order valence-electron chi connectivity index (χ1n) is 6.38. The molecule has 0 bridgehead atoms. The fourth-order valence-corrected chi connectivity index (χ4v) is 2.43. The maximum atomic E-state index is 12.6. The van der Waals surface area contributed by atoms with Crippen LogP contribution in [0.2, 0.25) is 5.02 Å². The van der Waals surface area contributed by atoms with Gasteiger partial charge in [-0.3, -0.25) is 0 Å². The topological polar surface area (TPSA) is 25.2 Å². The van der Waals surface area contributed by atoms with Gasteiger partial charge in [0.15, 0.2) is 0 Å². The van der Waals surface area contributed by atoms with Crippen molar-refractivity contribution in [2.24, 2.45) is 0 Å². The molecule has 0 amide bonds. The number of halogens is 4. The highest BCUT2D eigenvalue weighted by molar-refractivity contribution is 6.33. The predicted molar refractivity (Wildman–Crippen MR) is 76.7 cm³/mol. The molecule has 1 aromatic carbocycles. The Morgan fingerprint density at radius 3 is 2.33 bits per heavy atom. The van der Waals surface area contributed by atoms with Crippen molar-refractivity contribution in [1.82, 2.24) is 0 Å². The Balaban J connectivity index is 2.22. The van der Waals surface area contributed by atoms with Crippen molar-refractivity contribution >= 4 is 17.3 Å². The second-order valence-electron chi connectivity index (χ2n) is 4.93. The van der Waals surface area contributed by atoms with E-state index in [2.05, 4.69) is 5.32 Å². The van der Waals surface area contributed by atoms with E-state index in [1.165, 1.54) is 6.07 Å². The van der Waals surface area contributed by atoms with E-state index < -0.39 is 11.7 Å². The summed E-state index contributed by atoms with van der Waals surface area (Å²) in [5.41, 5.74) is 0.639. The Hall–Kier alpha value is -1.62. The molecule has 114 valence electrons. The maximum absolute atomic E-state index is 12.6. The highest BCUT2D eigenvalue weighted by Crippen LogP contribution is 2.35. The summed E-state index contributed by atoms with van der Waals surface area (Å²) in [6.45, 7) is 5.58. The highest BCUT2D eigenvalue weighted by Gasteiger charge is 2.31. The van der Waals surface area contributed by atoms with Crippen LogP contribution in [0.3, 0.4) is 0 Å². The molecule has 0 aliphatic rings. The van der Waals surface area contributed by atoms with E-state index in [9.17, 15) is 13.2 Å². The van der Waals surface area contributed by atoms with Gasteiger partial charge in [0, 0.05) is 5.56 Å². The largest absolute Gasteiger partial charge is 0.466 e. The summed E-state index contributed by atoms with van der Waals surface area (Å²) in [6, 6.07) is 5.03. The normalized spacial score (nSPS) is 13.3. The van der Waals surface area contributed by atoms with Crippen LogP contribution in [-0.4, -0.2) is 0 Å². The van der Waals surface area contributed by atoms with Crippen molar-refractivity contribution < 1.29 is 17.6 Å². The minimum Gasteiger partial charge on any atom is -0.466 e. The van der Waals surface area contributed by atoms with Gasteiger partial charge in [-0.05, 0) is 45.0 Å². The number of hydrogen-bond acceptors (Lipinski definition) is 2. The number of aryl methyl sites for hydroxylation is 2. The molecule has 2 aromatic rings. The van der Waals surface area contributed by atoms with Gasteiger partial charge in [0.1, 0.15) is 11.5 Å². The molecule has 0 aliphatic heterocycles. The summed E-state index contributed by atoms with van der Waals surface area (Å²) in [5.74, 6) is 1.56. The fourth-order valence-electron chi connectivity index (χ4n) is 2.20. The zero-order valence-electron chi connectivity index (χ0n) is 11.8. The third-order valence-electron chi connectivity index (χ3n) is 3.21. The Bertz CT molecular complexity index is 649. The lowest BCUT2D eigenvalue weighted by atomic mass is 10.1. The standard InChI is InChI=1S/C15H15ClF3NO/c1-8-6-12(10(3)21-8)9(2)20-14-5-4-11(7-13(14)16)15(17,18)19/h4-7,9,20H,1-3H3. The number of rotatable bonds is 3. The first kappa shape index (κ1) is 15.8. The summed E-state index contributed by atoms with van der Waals surface area (Å²) in [6.07, 6.45) is -4.40. The number of hydrogen-bond donors (Lipinski definition) is 1. The molecular weight excluding hydrogens is 303 g/mol. The molecule has 1 atom stereocenters. The van der Waals surface area contributed by atoms with Crippen LogP contribution in [0.1, 0.15) is 35.6 Å². The van der Waals surface area contributed by atoms with E-state index in [0.29, 0.717) is 5.69 Å². The van der Waals surface area contributed by atoms with Crippen LogP contribution in [0.5, 0.6) is 0 Å². The average molecular weight is 318 g/mol. The zero-order chi connectivity index (χ0) is 15.8. The van der Waals surface area contributed by atoms with Gasteiger partial charge in [0.05, 0.1) is 22.3 Å². The van der Waals surface area contributed by atoms with Crippen LogP contribution < -0.4 is 5.32 Å². The molecule has 6 heteroatoms. The zero-order valence-corrected chi connectivity index (χ0v) is 12.6. The van der Waals surface area contributed by atoms with E-state index >= 15 is 0 Å². The van der Waals surface area contributed by atoms with Gasteiger partial charge in [-0.2, -0.15) is 13.2 Å². The molecule has 2 rings (SSSR count). The molecule has 1 unspecified atom stereocenters. The van der Waals surface area contributed by atoms with Crippen molar-refractivity contribution in [2.75, 3.05) is 5.32 Å². The molecule has 0 saturated carbocycles. The average Bonchev–Trinajstić information content (AvgIpc) is 2.69. The predicted octanol–water partition coefficient (Wildman–Crippen LogP) is 5.74. The van der Waals surface area contributed by atoms with Crippen LogP contribution >= 0.6 is 11.6 Å². The molecule has 21 heavy (non-hydrogen) atoms. The first-order valence-corrected chi connectivity index (χ1v) is 6.76. The minimum atomic E-state index is -4.40. The summed E-state index contributed by atoms with van der Waals surface area (Å²) in [7, 11) is 0. The van der Waals surface area contributed by atoms with E-state index in [-0.39, 0.29) is 11.1 Å². The molecule has 0 saturated heterocycles. The van der Waals surface area contributed by atoms with Crippen LogP contribution in [0.25, 0.3) is 0 Å². The lowest BCUT2D eigenvalue weighted by molar-refractivity contribution is -0.137. The summed E-state index contributed by atoms with van der Waals surface area (Å²) in [4.78, 5) is 0. The Kier molecular flexibility index (Phi) is 4.23. The van der Waals surface area contributed by atoms with Gasteiger partial charge in [-0.1, -0.05) is 11.6 Å². The monoisotopic (exact) mass is 317 g/mol. The van der Waals surface area contributed by atoms with E-state index in [1.54, 1.807) is 0 Å². The highest BCUT2D eigenvalue weighted by atomic mass is 35.5. The number of alkyl halides is 3. The maximum Gasteiger partial charge on any atom is 0.416 e. The number of nitrogens with one attached hydrogen (secondary N) is 1. The molecule has 0 aliphatic carbocycles. The van der Waals surface area contributed by atoms with Crippen molar-refractivity contribution in [1.29, 1.82) is 0 Å². The molecule has 2 nitrogen and oxygen atoms in total. The van der Waals surface area contributed by atoms with Crippen molar-refractivity contribution in [3.05, 3.63) is 51.9 Å². The number of furan rings is 1. The Morgan fingerprint density at radius 1 is 1.19 bits per heavy atom. The third kappa shape index (κ3) is 3.53. The quantitative estimate of drug-likeness (QED) is 0.780. The number of anilines is 1. The summed E-state index contributed by atoms with van der Waals surface area (Å²) < 4.78 is 43.2. The van der Waals surface area contributed by atoms with Gasteiger partial charge < -0.3 is 9.73 Å². The van der Waals surface area contributed by atoms with Crippen LogP contribution in [-0.2, 0) is 6.18 Å². The second-order valence-corrected chi connectivity index (χ2v) is 5.33. The van der Waals surface area contributed by atoms with Crippen molar-refractivity contribution in [2.45, 2.75) is 33.0 Å². The van der Waals surface area contributed by atoms with Gasteiger partial charge in [0.25, 0.3) is 0 Å². The molecular formula is C15H15ClF3NO. The van der Waals surface area contributed by atoms with Crippen LogP contribution in [0.4, 0.5) is 18.9 Å².